The normalized spacial score (nSPS) is 23.0. The van der Waals surface area contributed by atoms with Crippen molar-refractivity contribution in [3.8, 4) is 5.75 Å². The molecule has 0 aliphatic carbocycles. The zero-order valence-electron chi connectivity index (χ0n) is 16.1. The predicted octanol–water partition coefficient (Wildman–Crippen LogP) is 2.04. The lowest BCUT2D eigenvalue weighted by molar-refractivity contribution is 0.0495. The number of hydrogen-bond acceptors (Lipinski definition) is 5. The second-order valence-corrected chi connectivity index (χ2v) is 8.72. The van der Waals surface area contributed by atoms with Gasteiger partial charge in [0.1, 0.15) is 5.75 Å². The van der Waals surface area contributed by atoms with Crippen molar-refractivity contribution in [1.82, 2.24) is 9.21 Å². The van der Waals surface area contributed by atoms with Gasteiger partial charge in [0.05, 0.1) is 18.6 Å². The van der Waals surface area contributed by atoms with E-state index in [4.69, 9.17) is 9.47 Å². The Morgan fingerprint density at radius 2 is 1.60 bits per heavy atom. The smallest absolute Gasteiger partial charge is 0.243 e. The third kappa shape index (κ3) is 4.16. The molecule has 142 valence electrons. The van der Waals surface area contributed by atoms with E-state index in [0.717, 1.165) is 17.7 Å². The van der Waals surface area contributed by atoms with Gasteiger partial charge in [0.25, 0.3) is 0 Å². The Hall–Kier alpha value is -1.15. The maximum absolute atomic E-state index is 13.3. The lowest BCUT2D eigenvalue weighted by atomic mass is 10.1. The number of aryl methyl sites for hydroxylation is 2. The first-order chi connectivity index (χ1) is 11.7. The fraction of sp³-hybridized carbons (Fsp3) is 0.667. The van der Waals surface area contributed by atoms with Gasteiger partial charge in [-0.1, -0.05) is 0 Å². The number of sulfonamides is 1. The van der Waals surface area contributed by atoms with Crippen LogP contribution in [-0.4, -0.2) is 70.2 Å². The molecule has 7 heteroatoms. The summed E-state index contributed by atoms with van der Waals surface area (Å²) in [4.78, 5) is 2.71. The standard InChI is InChI=1S/C18H30N2O4S/c1-13-9-17(24-6)10-14(2)18(13)25(21,22)19-11-15(3)20(7-8-23-5)16(4)12-19/h9-10,15-16H,7-8,11-12H2,1-6H3. The number of nitrogens with zero attached hydrogens (tertiary/aromatic N) is 2. The quantitative estimate of drug-likeness (QED) is 0.767. The Kier molecular flexibility index (Phi) is 6.48. The topological polar surface area (TPSA) is 59.1 Å². The molecule has 0 spiro atoms. The molecule has 0 saturated carbocycles. The molecule has 2 rings (SSSR count). The monoisotopic (exact) mass is 370 g/mol. The van der Waals surface area contributed by atoms with Crippen molar-refractivity contribution < 1.29 is 17.9 Å². The van der Waals surface area contributed by atoms with E-state index in [0.29, 0.717) is 30.3 Å². The first-order valence-electron chi connectivity index (χ1n) is 8.62. The minimum Gasteiger partial charge on any atom is -0.497 e. The molecule has 1 heterocycles. The molecule has 0 amide bonds. The largest absolute Gasteiger partial charge is 0.497 e. The number of piperazine rings is 1. The van der Waals surface area contributed by atoms with E-state index < -0.39 is 10.0 Å². The first-order valence-corrected chi connectivity index (χ1v) is 10.1. The van der Waals surface area contributed by atoms with Crippen LogP contribution in [0.2, 0.25) is 0 Å². The number of benzene rings is 1. The van der Waals surface area contributed by atoms with Crippen molar-refractivity contribution in [3.63, 3.8) is 0 Å². The van der Waals surface area contributed by atoms with E-state index in [1.807, 2.05) is 13.8 Å². The molecule has 1 aliphatic rings. The summed E-state index contributed by atoms with van der Waals surface area (Å²) in [5.41, 5.74) is 1.44. The molecule has 1 saturated heterocycles. The van der Waals surface area contributed by atoms with Crippen molar-refractivity contribution in [1.29, 1.82) is 0 Å². The van der Waals surface area contributed by atoms with E-state index in [-0.39, 0.29) is 12.1 Å². The van der Waals surface area contributed by atoms with Gasteiger partial charge in [-0.2, -0.15) is 4.31 Å². The highest BCUT2D eigenvalue weighted by Crippen LogP contribution is 2.30. The molecule has 1 fully saturated rings. The number of ether oxygens (including phenoxy) is 2. The van der Waals surface area contributed by atoms with Crippen LogP contribution in [0, 0.1) is 13.8 Å². The lowest BCUT2D eigenvalue weighted by Crippen LogP contribution is -2.58. The fourth-order valence-corrected chi connectivity index (χ4v) is 5.72. The summed E-state index contributed by atoms with van der Waals surface area (Å²) in [5.74, 6) is 0.681. The number of hydrogen-bond donors (Lipinski definition) is 0. The van der Waals surface area contributed by atoms with Gasteiger partial charge in [-0.05, 0) is 51.0 Å². The molecule has 1 aromatic carbocycles. The van der Waals surface area contributed by atoms with Crippen LogP contribution in [0.4, 0.5) is 0 Å². The van der Waals surface area contributed by atoms with Crippen LogP contribution in [-0.2, 0) is 14.8 Å². The minimum atomic E-state index is -3.54. The van der Waals surface area contributed by atoms with Crippen molar-refractivity contribution in [3.05, 3.63) is 23.3 Å². The van der Waals surface area contributed by atoms with Gasteiger partial charge in [-0.3, -0.25) is 4.90 Å². The van der Waals surface area contributed by atoms with E-state index in [1.54, 1.807) is 30.7 Å². The second kappa shape index (κ2) is 8.03. The molecule has 6 nitrogen and oxygen atoms in total. The Bertz CT molecular complexity index is 670. The van der Waals surface area contributed by atoms with Crippen LogP contribution >= 0.6 is 0 Å². The lowest BCUT2D eigenvalue weighted by Gasteiger charge is -2.43. The molecule has 0 aromatic heterocycles. The average Bonchev–Trinajstić information content (AvgIpc) is 2.52. The van der Waals surface area contributed by atoms with E-state index in [2.05, 4.69) is 18.7 Å². The molecule has 1 aliphatic heterocycles. The van der Waals surface area contributed by atoms with Gasteiger partial charge in [-0.15, -0.1) is 0 Å². The summed E-state index contributed by atoms with van der Waals surface area (Å²) in [6.07, 6.45) is 0. The summed E-state index contributed by atoms with van der Waals surface area (Å²) in [6.45, 7) is 10.2. The molecular formula is C18H30N2O4S. The average molecular weight is 371 g/mol. The minimum absolute atomic E-state index is 0.146. The van der Waals surface area contributed by atoms with Crippen LogP contribution < -0.4 is 4.74 Å². The Morgan fingerprint density at radius 3 is 2.04 bits per heavy atom. The Balaban J connectivity index is 2.30. The fourth-order valence-electron chi connectivity index (χ4n) is 3.71. The summed E-state index contributed by atoms with van der Waals surface area (Å²) < 4.78 is 38.6. The zero-order valence-corrected chi connectivity index (χ0v) is 16.9. The van der Waals surface area contributed by atoms with Gasteiger partial charge < -0.3 is 9.47 Å². The van der Waals surface area contributed by atoms with E-state index in [1.165, 1.54) is 0 Å². The van der Waals surface area contributed by atoms with Gasteiger partial charge >= 0.3 is 0 Å². The molecule has 0 bridgehead atoms. The van der Waals surface area contributed by atoms with Gasteiger partial charge in [0, 0.05) is 38.8 Å². The Labute approximate surface area is 151 Å². The molecule has 2 unspecified atom stereocenters. The SMILES string of the molecule is COCCN1C(C)CN(S(=O)(=O)c2c(C)cc(OC)cc2C)CC1C. The van der Waals surface area contributed by atoms with Crippen molar-refractivity contribution >= 4 is 10.0 Å². The summed E-state index contributed by atoms with van der Waals surface area (Å²) >= 11 is 0. The van der Waals surface area contributed by atoms with Crippen LogP contribution in [0.1, 0.15) is 25.0 Å². The van der Waals surface area contributed by atoms with Crippen LogP contribution in [0.3, 0.4) is 0 Å². The van der Waals surface area contributed by atoms with Crippen molar-refractivity contribution in [2.75, 3.05) is 40.5 Å². The predicted molar refractivity (Wildman–Crippen MR) is 98.7 cm³/mol. The number of rotatable bonds is 6. The van der Waals surface area contributed by atoms with Crippen molar-refractivity contribution in [2.45, 2.75) is 44.7 Å². The summed E-state index contributed by atoms with van der Waals surface area (Å²) in [7, 11) is -0.264. The molecular weight excluding hydrogens is 340 g/mol. The highest BCUT2D eigenvalue weighted by Gasteiger charge is 2.37. The van der Waals surface area contributed by atoms with Gasteiger partial charge in [-0.25, -0.2) is 8.42 Å². The van der Waals surface area contributed by atoms with Crippen LogP contribution in [0.5, 0.6) is 5.75 Å². The third-order valence-electron chi connectivity index (χ3n) is 4.89. The van der Waals surface area contributed by atoms with E-state index in [9.17, 15) is 8.42 Å². The van der Waals surface area contributed by atoms with E-state index >= 15 is 0 Å². The van der Waals surface area contributed by atoms with Crippen LogP contribution in [0.15, 0.2) is 17.0 Å². The molecule has 0 radical (unpaired) electrons. The molecule has 2 atom stereocenters. The number of methoxy groups -OCH3 is 2. The maximum Gasteiger partial charge on any atom is 0.243 e. The van der Waals surface area contributed by atoms with Gasteiger partial charge in [0.2, 0.25) is 10.0 Å². The zero-order chi connectivity index (χ0) is 18.8. The highest BCUT2D eigenvalue weighted by molar-refractivity contribution is 7.89. The summed E-state index contributed by atoms with van der Waals surface area (Å²) in [5, 5.41) is 0. The van der Waals surface area contributed by atoms with Gasteiger partial charge in [0.15, 0.2) is 0 Å². The molecule has 0 N–H and O–H groups in total. The highest BCUT2D eigenvalue weighted by atomic mass is 32.2. The third-order valence-corrected chi connectivity index (χ3v) is 7.03. The Morgan fingerprint density at radius 1 is 1.08 bits per heavy atom. The van der Waals surface area contributed by atoms with Crippen molar-refractivity contribution in [2.24, 2.45) is 0 Å². The molecule has 25 heavy (non-hydrogen) atoms. The second-order valence-electron chi connectivity index (χ2n) is 6.84. The first kappa shape index (κ1) is 20.2. The maximum atomic E-state index is 13.3. The summed E-state index contributed by atoms with van der Waals surface area (Å²) in [6, 6.07) is 3.85. The molecule has 1 aromatic rings. The van der Waals surface area contributed by atoms with Crippen LogP contribution in [0.25, 0.3) is 0 Å².